The average molecular weight is 506 g/mol. The first-order chi connectivity index (χ1) is 16.6. The first-order valence-corrected chi connectivity index (χ1v) is 11.5. The van der Waals surface area contributed by atoms with E-state index in [4.69, 9.17) is 0 Å². The standard InChI is InChI=1S/C25H30N4O6.Li.H2O/c1-14-11-15(2)21(16(3)12-14)28-25(33)26-20-13-18(29(34)35)9-10-19(20)23(30)27-22(24(31)32)17-7-5-4-6-8-17;;/h9-13,17,22H,4-8H2,1-3H3,(H,27,30)(H,31,32)(H2,26,28,33);;1H2/q;+1;/p-1/t22-;;/m0../s1. The number of carbonyl (C=O) groups excluding carboxylic acids is 2. The van der Waals surface area contributed by atoms with Gasteiger partial charge in [0, 0.05) is 17.8 Å². The fourth-order valence-corrected chi connectivity index (χ4v) is 4.66. The van der Waals surface area contributed by atoms with Crippen LogP contribution in [-0.4, -0.2) is 39.5 Å². The molecule has 0 heterocycles. The third kappa shape index (κ3) is 8.05. The molecular formula is C25H31LiN4O7. The molecule has 1 fully saturated rings. The van der Waals surface area contributed by atoms with Crippen molar-refractivity contribution >= 4 is 35.0 Å². The van der Waals surface area contributed by atoms with Gasteiger partial charge in [-0.15, -0.1) is 0 Å². The van der Waals surface area contributed by atoms with Crippen LogP contribution in [0.3, 0.4) is 0 Å². The minimum Gasteiger partial charge on any atom is -0.870 e. The second kappa shape index (κ2) is 13.8. The summed E-state index contributed by atoms with van der Waals surface area (Å²) in [6.07, 6.45) is 4.21. The molecule has 12 heteroatoms. The second-order valence-corrected chi connectivity index (χ2v) is 9.03. The van der Waals surface area contributed by atoms with Gasteiger partial charge in [0.05, 0.1) is 16.2 Å². The molecule has 5 N–H and O–H groups in total. The van der Waals surface area contributed by atoms with E-state index in [9.17, 15) is 29.6 Å². The van der Waals surface area contributed by atoms with Crippen molar-refractivity contribution in [1.29, 1.82) is 0 Å². The number of carboxylic acid groups (broad SMARTS) is 1. The van der Waals surface area contributed by atoms with Gasteiger partial charge in [-0.25, -0.2) is 9.59 Å². The van der Waals surface area contributed by atoms with Gasteiger partial charge in [0.25, 0.3) is 11.6 Å². The number of rotatable bonds is 7. The van der Waals surface area contributed by atoms with Crippen molar-refractivity contribution in [2.45, 2.75) is 58.9 Å². The number of hydrogen-bond donors (Lipinski definition) is 4. The number of nitrogens with zero attached hydrogens (tertiary/aromatic N) is 1. The minimum atomic E-state index is -1.13. The summed E-state index contributed by atoms with van der Waals surface area (Å²) in [5, 5.41) is 28.8. The summed E-state index contributed by atoms with van der Waals surface area (Å²) in [6, 6.07) is 5.49. The van der Waals surface area contributed by atoms with Crippen molar-refractivity contribution < 1.29 is 48.8 Å². The van der Waals surface area contributed by atoms with Crippen molar-refractivity contribution in [2.24, 2.45) is 5.92 Å². The van der Waals surface area contributed by atoms with Crippen LogP contribution < -0.4 is 34.8 Å². The van der Waals surface area contributed by atoms with E-state index in [1.54, 1.807) is 0 Å². The number of hydrogen-bond acceptors (Lipinski definition) is 6. The molecule has 2 aromatic rings. The summed E-state index contributed by atoms with van der Waals surface area (Å²) in [5.74, 6) is -2.06. The van der Waals surface area contributed by atoms with E-state index in [2.05, 4.69) is 16.0 Å². The Labute approximate surface area is 227 Å². The van der Waals surface area contributed by atoms with Gasteiger partial charge in [-0.05, 0) is 56.7 Å². The molecule has 1 aliphatic rings. The average Bonchev–Trinajstić information content (AvgIpc) is 2.80. The molecule has 0 bridgehead atoms. The van der Waals surface area contributed by atoms with Gasteiger partial charge in [-0.1, -0.05) is 37.0 Å². The Kier molecular flexibility index (Phi) is 11.8. The number of carboxylic acids is 1. The molecule has 194 valence electrons. The fourth-order valence-electron chi connectivity index (χ4n) is 4.66. The van der Waals surface area contributed by atoms with Crippen molar-refractivity contribution in [3.05, 3.63) is 62.7 Å². The van der Waals surface area contributed by atoms with E-state index in [1.165, 1.54) is 6.07 Å². The van der Waals surface area contributed by atoms with Crippen LogP contribution in [0.25, 0.3) is 0 Å². The van der Waals surface area contributed by atoms with Crippen LogP contribution in [0.2, 0.25) is 0 Å². The molecule has 0 aliphatic heterocycles. The molecule has 2 aromatic carbocycles. The van der Waals surface area contributed by atoms with Crippen molar-refractivity contribution in [1.82, 2.24) is 5.32 Å². The van der Waals surface area contributed by atoms with Gasteiger partial charge in [0.15, 0.2) is 0 Å². The Hall–Kier alpha value is -3.39. The number of nitro groups is 1. The summed E-state index contributed by atoms with van der Waals surface area (Å²) in [4.78, 5) is 48.4. The van der Waals surface area contributed by atoms with Crippen LogP contribution in [0.4, 0.5) is 21.9 Å². The SMILES string of the molecule is Cc1cc(C)c(NC(=O)Nc2cc([N+](=O)[O-])ccc2C(=O)N[C@H](C(=O)O)C2CCCCC2)c(C)c1.[Li+].[OH-]. The quantitative estimate of drug-likeness (QED) is 0.251. The van der Waals surface area contributed by atoms with Crippen LogP contribution >= 0.6 is 0 Å². The van der Waals surface area contributed by atoms with Crippen LogP contribution in [0.15, 0.2) is 30.3 Å². The summed E-state index contributed by atoms with van der Waals surface area (Å²) in [7, 11) is 0. The Balaban J connectivity index is 0.00000342. The molecule has 0 saturated heterocycles. The molecule has 0 aromatic heterocycles. The van der Waals surface area contributed by atoms with Gasteiger partial charge in [0.1, 0.15) is 6.04 Å². The normalized spacial score (nSPS) is 13.8. The predicted octanol–water partition coefficient (Wildman–Crippen LogP) is 1.75. The van der Waals surface area contributed by atoms with E-state index in [0.29, 0.717) is 18.5 Å². The number of amides is 3. The first kappa shape index (κ1) is 31.6. The molecule has 0 spiro atoms. The van der Waals surface area contributed by atoms with Gasteiger partial charge < -0.3 is 26.5 Å². The van der Waals surface area contributed by atoms with E-state index in [1.807, 2.05) is 32.9 Å². The molecule has 11 nitrogen and oxygen atoms in total. The molecule has 1 atom stereocenters. The third-order valence-corrected chi connectivity index (χ3v) is 6.30. The van der Waals surface area contributed by atoms with Crippen molar-refractivity contribution in [3.8, 4) is 0 Å². The number of urea groups is 1. The molecule has 3 amide bonds. The van der Waals surface area contributed by atoms with Crippen molar-refractivity contribution in [3.63, 3.8) is 0 Å². The zero-order chi connectivity index (χ0) is 25.7. The van der Waals surface area contributed by atoms with E-state index in [0.717, 1.165) is 48.1 Å². The largest absolute Gasteiger partial charge is 1.00 e. The predicted molar refractivity (Wildman–Crippen MR) is 134 cm³/mol. The third-order valence-electron chi connectivity index (χ3n) is 6.30. The summed E-state index contributed by atoms with van der Waals surface area (Å²) < 4.78 is 0. The molecule has 3 rings (SSSR count). The summed E-state index contributed by atoms with van der Waals surface area (Å²) >= 11 is 0. The molecule has 37 heavy (non-hydrogen) atoms. The van der Waals surface area contributed by atoms with Crippen molar-refractivity contribution in [2.75, 3.05) is 10.6 Å². The van der Waals surface area contributed by atoms with Gasteiger partial charge in [-0.3, -0.25) is 14.9 Å². The molecule has 0 unspecified atom stereocenters. The van der Waals surface area contributed by atoms with Gasteiger partial charge in [0.2, 0.25) is 0 Å². The molecular weight excluding hydrogens is 475 g/mol. The zero-order valence-electron chi connectivity index (χ0n) is 21.5. The topological polar surface area (TPSA) is 181 Å². The number of aliphatic carboxylic acids is 1. The number of nitro benzene ring substituents is 1. The van der Waals surface area contributed by atoms with Crippen LogP contribution in [0.5, 0.6) is 0 Å². The maximum atomic E-state index is 13.1. The number of carbonyl (C=O) groups is 3. The Morgan fingerprint density at radius 1 is 1.00 bits per heavy atom. The van der Waals surface area contributed by atoms with E-state index < -0.39 is 28.9 Å². The van der Waals surface area contributed by atoms with Crippen LogP contribution in [0.1, 0.15) is 59.2 Å². The molecule has 1 aliphatic carbocycles. The Bertz CT molecular complexity index is 1140. The van der Waals surface area contributed by atoms with Crippen LogP contribution in [0, 0.1) is 36.8 Å². The number of non-ortho nitro benzene ring substituents is 1. The maximum Gasteiger partial charge on any atom is 1.00 e. The van der Waals surface area contributed by atoms with Crippen LogP contribution in [-0.2, 0) is 4.79 Å². The first-order valence-electron chi connectivity index (χ1n) is 11.5. The maximum absolute atomic E-state index is 13.1. The van der Waals surface area contributed by atoms with Gasteiger partial charge in [-0.2, -0.15) is 0 Å². The summed E-state index contributed by atoms with van der Waals surface area (Å²) in [6.45, 7) is 5.63. The van der Waals surface area contributed by atoms with E-state index in [-0.39, 0.29) is 47.2 Å². The molecule has 0 radical (unpaired) electrons. The number of nitrogens with one attached hydrogen (secondary N) is 3. The fraction of sp³-hybridized carbons (Fsp3) is 0.400. The second-order valence-electron chi connectivity index (χ2n) is 9.03. The van der Waals surface area contributed by atoms with E-state index >= 15 is 0 Å². The number of aryl methyl sites for hydroxylation is 3. The summed E-state index contributed by atoms with van der Waals surface area (Å²) in [5.41, 5.74) is 2.83. The van der Waals surface area contributed by atoms with Gasteiger partial charge >= 0.3 is 30.9 Å². The Morgan fingerprint density at radius 3 is 2.14 bits per heavy atom. The monoisotopic (exact) mass is 506 g/mol. The smallest absolute Gasteiger partial charge is 0.870 e. The number of anilines is 2. The molecule has 1 saturated carbocycles. The zero-order valence-corrected chi connectivity index (χ0v) is 21.5. The minimum absolute atomic E-state index is 0. The number of benzene rings is 2. The Morgan fingerprint density at radius 2 is 1.59 bits per heavy atom.